The fraction of sp³-hybridized carbons (Fsp3) is 0.0968. The highest BCUT2D eigenvalue weighted by Crippen LogP contribution is 2.34. The monoisotopic (exact) mass is 504 g/mol. The lowest BCUT2D eigenvalue weighted by molar-refractivity contribution is 0.415. The van der Waals surface area contributed by atoms with Gasteiger partial charge >= 0.3 is 0 Å². The van der Waals surface area contributed by atoms with E-state index in [2.05, 4.69) is 60.2 Å². The lowest BCUT2D eigenvalue weighted by Gasteiger charge is -2.10. The molecule has 6 rings (SSSR count). The number of hydrogen-bond donors (Lipinski definition) is 1. The third-order valence-electron chi connectivity index (χ3n) is 6.65. The van der Waals surface area contributed by atoms with Gasteiger partial charge in [0.25, 0.3) is 0 Å². The number of methoxy groups -OCH3 is 1. The molecule has 0 saturated heterocycles. The average molecular weight is 505 g/mol. The molecule has 0 bridgehead atoms. The summed E-state index contributed by atoms with van der Waals surface area (Å²) < 4.78 is 7.25. The molecule has 0 aliphatic carbocycles. The minimum Gasteiger partial charge on any atom is -0.497 e. The minimum atomic E-state index is 0.00181. The molecule has 1 aliphatic rings. The van der Waals surface area contributed by atoms with Gasteiger partial charge in [-0.05, 0) is 65.2 Å². The average Bonchev–Trinajstić information content (AvgIpc) is 3.62. The molecule has 0 amide bonds. The van der Waals surface area contributed by atoms with Crippen molar-refractivity contribution in [3.05, 3.63) is 125 Å². The quantitative estimate of drug-likeness (QED) is 0.264. The Morgan fingerprint density at radius 1 is 0.784 bits per heavy atom. The number of halogens is 1. The summed E-state index contributed by atoms with van der Waals surface area (Å²) in [5.41, 5.74) is 11.9. The van der Waals surface area contributed by atoms with Crippen LogP contribution in [0, 0.1) is 0 Å². The van der Waals surface area contributed by atoms with Gasteiger partial charge in [-0.15, -0.1) is 0 Å². The van der Waals surface area contributed by atoms with Crippen LogP contribution in [0.25, 0.3) is 28.1 Å². The maximum atomic E-state index is 6.12. The van der Waals surface area contributed by atoms with Gasteiger partial charge in [-0.25, -0.2) is 4.68 Å². The van der Waals surface area contributed by atoms with Crippen LogP contribution in [0.1, 0.15) is 23.6 Å². The molecule has 6 heteroatoms. The third-order valence-corrected chi connectivity index (χ3v) is 6.90. The highest BCUT2D eigenvalue weighted by Gasteiger charge is 2.27. The Hall–Kier alpha value is -4.35. The third kappa shape index (κ3) is 4.74. The summed E-state index contributed by atoms with van der Waals surface area (Å²) in [7, 11) is 1.67. The van der Waals surface area contributed by atoms with E-state index in [-0.39, 0.29) is 6.04 Å². The van der Waals surface area contributed by atoms with Crippen molar-refractivity contribution in [1.82, 2.24) is 15.2 Å². The number of ether oxygens (including phenoxy) is 1. The van der Waals surface area contributed by atoms with E-state index in [1.165, 1.54) is 11.1 Å². The first-order valence-electron chi connectivity index (χ1n) is 12.2. The lowest BCUT2D eigenvalue weighted by atomic mass is 9.96. The molecular weight excluding hydrogens is 480 g/mol. The molecular formula is C31H25ClN4O. The Balaban J connectivity index is 1.30. The number of benzene rings is 4. The van der Waals surface area contributed by atoms with Gasteiger partial charge < -0.3 is 10.2 Å². The Morgan fingerprint density at radius 3 is 2.14 bits per heavy atom. The van der Waals surface area contributed by atoms with E-state index >= 15 is 0 Å². The second-order valence-electron chi connectivity index (χ2n) is 8.97. The summed E-state index contributed by atoms with van der Waals surface area (Å²) in [6.45, 7) is 0. The first-order chi connectivity index (χ1) is 18.2. The summed E-state index contributed by atoms with van der Waals surface area (Å²) in [6, 6.07) is 34.7. The highest BCUT2D eigenvalue weighted by atomic mass is 35.5. The van der Waals surface area contributed by atoms with Crippen molar-refractivity contribution in [1.29, 1.82) is 0 Å². The van der Waals surface area contributed by atoms with Gasteiger partial charge in [0.15, 0.2) is 0 Å². The van der Waals surface area contributed by atoms with E-state index in [1.54, 1.807) is 7.11 Å². The van der Waals surface area contributed by atoms with Crippen molar-refractivity contribution in [2.24, 2.45) is 5.10 Å². The molecule has 0 saturated carbocycles. The topological polar surface area (TPSA) is 51.4 Å². The van der Waals surface area contributed by atoms with Gasteiger partial charge in [0.05, 0.1) is 30.2 Å². The molecule has 4 aromatic carbocycles. The van der Waals surface area contributed by atoms with E-state index in [0.717, 1.165) is 46.0 Å². The maximum absolute atomic E-state index is 6.12. The summed E-state index contributed by atoms with van der Waals surface area (Å²) >= 11 is 6.12. The second kappa shape index (κ2) is 9.96. The summed E-state index contributed by atoms with van der Waals surface area (Å²) in [5.74, 6) is 0.811. The largest absolute Gasteiger partial charge is 0.497 e. The van der Waals surface area contributed by atoms with Crippen LogP contribution >= 0.6 is 11.6 Å². The van der Waals surface area contributed by atoms with Gasteiger partial charge in [-0.2, -0.15) is 10.2 Å². The molecule has 5 aromatic rings. The molecule has 1 aliphatic heterocycles. The number of nitrogens with zero attached hydrogens (tertiary/aromatic N) is 3. The summed E-state index contributed by atoms with van der Waals surface area (Å²) in [4.78, 5) is 0. The molecule has 182 valence electrons. The predicted molar refractivity (Wildman–Crippen MR) is 149 cm³/mol. The van der Waals surface area contributed by atoms with Crippen LogP contribution in [0.15, 0.2) is 114 Å². The zero-order chi connectivity index (χ0) is 25.2. The van der Waals surface area contributed by atoms with Crippen LogP contribution in [0.5, 0.6) is 5.75 Å². The fourth-order valence-electron chi connectivity index (χ4n) is 4.63. The standard InChI is InChI=1S/C31H25ClN4O/c1-37-27-17-11-24(12-18-27)31-28(20-36(35-31)26-15-13-25(32)14-16-26)30-19-29(33-34-30)23-9-7-22(8-10-23)21-5-3-2-4-6-21/h2-18,20,30,34H,19H2,1H3. The number of nitrogens with one attached hydrogen (secondary N) is 1. The molecule has 1 atom stereocenters. The summed E-state index contributed by atoms with van der Waals surface area (Å²) in [5, 5.41) is 10.4. The zero-order valence-electron chi connectivity index (χ0n) is 20.3. The Kier molecular flexibility index (Phi) is 6.21. The minimum absolute atomic E-state index is 0.00181. The molecule has 1 unspecified atom stereocenters. The normalized spacial score (nSPS) is 14.8. The van der Waals surface area contributed by atoms with Crippen molar-refractivity contribution < 1.29 is 4.74 Å². The Labute approximate surface area is 221 Å². The number of hydrogen-bond acceptors (Lipinski definition) is 4. The van der Waals surface area contributed by atoms with Crippen molar-refractivity contribution in [3.8, 4) is 33.8 Å². The van der Waals surface area contributed by atoms with E-state index in [4.69, 9.17) is 26.5 Å². The Bertz CT molecular complexity index is 1540. The number of hydrazone groups is 1. The van der Waals surface area contributed by atoms with Crippen LogP contribution < -0.4 is 10.2 Å². The molecule has 2 heterocycles. The molecule has 1 aromatic heterocycles. The molecule has 5 nitrogen and oxygen atoms in total. The van der Waals surface area contributed by atoms with Crippen molar-refractivity contribution in [2.75, 3.05) is 7.11 Å². The molecule has 37 heavy (non-hydrogen) atoms. The van der Waals surface area contributed by atoms with E-state index < -0.39 is 0 Å². The van der Waals surface area contributed by atoms with E-state index in [1.807, 2.05) is 59.3 Å². The lowest BCUT2D eigenvalue weighted by Crippen LogP contribution is -2.10. The van der Waals surface area contributed by atoms with Crippen LogP contribution in [0.2, 0.25) is 5.02 Å². The first-order valence-corrected chi connectivity index (χ1v) is 12.5. The van der Waals surface area contributed by atoms with Crippen LogP contribution in [0.3, 0.4) is 0 Å². The molecule has 0 radical (unpaired) electrons. The predicted octanol–water partition coefficient (Wildman–Crippen LogP) is 7.31. The van der Waals surface area contributed by atoms with Crippen LogP contribution in [0.4, 0.5) is 0 Å². The fourth-order valence-corrected chi connectivity index (χ4v) is 4.76. The van der Waals surface area contributed by atoms with Crippen molar-refractivity contribution in [3.63, 3.8) is 0 Å². The second-order valence-corrected chi connectivity index (χ2v) is 9.41. The summed E-state index contributed by atoms with van der Waals surface area (Å²) in [6.07, 6.45) is 2.84. The zero-order valence-corrected chi connectivity index (χ0v) is 21.1. The SMILES string of the molecule is COc1ccc(-c2nn(-c3ccc(Cl)cc3)cc2C2CC(c3ccc(-c4ccccc4)cc3)=NN2)cc1. The number of rotatable bonds is 6. The molecule has 1 N–H and O–H groups in total. The van der Waals surface area contributed by atoms with Gasteiger partial charge in [0.2, 0.25) is 0 Å². The number of aromatic nitrogens is 2. The van der Waals surface area contributed by atoms with Gasteiger partial charge in [-0.1, -0.05) is 66.2 Å². The van der Waals surface area contributed by atoms with Gasteiger partial charge in [0, 0.05) is 28.8 Å². The first kappa shape index (κ1) is 23.1. The maximum Gasteiger partial charge on any atom is 0.118 e. The van der Waals surface area contributed by atoms with Gasteiger partial charge in [-0.3, -0.25) is 0 Å². The van der Waals surface area contributed by atoms with E-state index in [9.17, 15) is 0 Å². The smallest absolute Gasteiger partial charge is 0.118 e. The van der Waals surface area contributed by atoms with E-state index in [0.29, 0.717) is 5.02 Å². The van der Waals surface area contributed by atoms with Gasteiger partial charge in [0.1, 0.15) is 5.75 Å². The highest BCUT2D eigenvalue weighted by molar-refractivity contribution is 6.30. The van der Waals surface area contributed by atoms with Crippen LogP contribution in [-0.4, -0.2) is 22.6 Å². The Morgan fingerprint density at radius 2 is 1.43 bits per heavy atom. The molecule has 0 fully saturated rings. The van der Waals surface area contributed by atoms with Crippen molar-refractivity contribution >= 4 is 17.3 Å². The van der Waals surface area contributed by atoms with Crippen molar-refractivity contribution in [2.45, 2.75) is 12.5 Å². The molecule has 0 spiro atoms. The van der Waals surface area contributed by atoms with Crippen LogP contribution in [-0.2, 0) is 0 Å².